The van der Waals surface area contributed by atoms with Crippen LogP contribution in [0, 0.1) is 0 Å². The average Bonchev–Trinajstić information content (AvgIpc) is 3.86. The third-order valence-corrected chi connectivity index (χ3v) is 12.4. The van der Waals surface area contributed by atoms with Gasteiger partial charge in [0.1, 0.15) is 22.3 Å². The van der Waals surface area contributed by atoms with Crippen molar-refractivity contribution in [2.24, 2.45) is 0 Å². The quantitative estimate of drug-likeness (QED) is 0.133. The fourth-order valence-corrected chi connectivity index (χ4v) is 9.87. The van der Waals surface area contributed by atoms with E-state index in [0.29, 0.717) is 0 Å². The first-order valence-corrected chi connectivity index (χ1v) is 19.9. The number of hydrogen-bond acceptors (Lipinski definition) is 2. The summed E-state index contributed by atoms with van der Waals surface area (Å²) >= 11 is 0. The summed E-state index contributed by atoms with van der Waals surface area (Å²) in [4.78, 5) is 0. The van der Waals surface area contributed by atoms with Crippen molar-refractivity contribution < 1.29 is 8.83 Å². The molecule has 0 aliphatic carbocycles. The summed E-state index contributed by atoms with van der Waals surface area (Å²) in [5.41, 5.74) is 10.5. The van der Waals surface area contributed by atoms with Gasteiger partial charge in [-0.25, -0.2) is 0 Å². The monoisotopic (exact) mass is 736 g/mol. The highest BCUT2D eigenvalue weighted by Crippen LogP contribution is 2.50. The van der Waals surface area contributed by atoms with E-state index in [9.17, 15) is 0 Å². The molecule has 268 valence electrons. The molecule has 0 saturated heterocycles. The zero-order valence-electron chi connectivity index (χ0n) is 31.3. The van der Waals surface area contributed by atoms with Crippen LogP contribution in [0.5, 0.6) is 0 Å². The molecule has 58 heavy (non-hydrogen) atoms. The summed E-state index contributed by atoms with van der Waals surface area (Å²) in [6.07, 6.45) is 0. The van der Waals surface area contributed by atoms with Gasteiger partial charge in [-0.1, -0.05) is 152 Å². The van der Waals surface area contributed by atoms with Crippen LogP contribution in [0.3, 0.4) is 0 Å². The lowest BCUT2D eigenvalue weighted by atomic mass is 9.83. The highest BCUT2D eigenvalue weighted by molar-refractivity contribution is 6.28. The Kier molecular flexibility index (Phi) is 6.47. The molecule has 2 heterocycles. The summed E-state index contributed by atoms with van der Waals surface area (Å²) in [5.74, 6) is 0. The molecule has 13 rings (SSSR count). The van der Waals surface area contributed by atoms with Crippen molar-refractivity contribution in [3.05, 3.63) is 194 Å². The molecular weight excluding hydrogens is 705 g/mol. The molecule has 0 amide bonds. The SMILES string of the molecule is c1ccc2cc3c(ccc4c(-c5c6ccccc6c(-c6ccc(-c7ccc8c(c7)oc7ccccc78)c7c6oc6ccccc67)c6ccccc56)cccc43)cc2c1. The Morgan fingerprint density at radius 2 is 0.810 bits per heavy atom. The van der Waals surface area contributed by atoms with E-state index in [2.05, 4.69) is 182 Å². The minimum absolute atomic E-state index is 0.872. The lowest BCUT2D eigenvalue weighted by Crippen LogP contribution is -1.92. The second-order valence-corrected chi connectivity index (χ2v) is 15.5. The Labute approximate surface area is 332 Å². The van der Waals surface area contributed by atoms with Gasteiger partial charge in [0.2, 0.25) is 0 Å². The minimum atomic E-state index is 0.872. The van der Waals surface area contributed by atoms with Crippen LogP contribution >= 0.6 is 0 Å². The van der Waals surface area contributed by atoms with E-state index >= 15 is 0 Å². The molecule has 0 saturated carbocycles. The van der Waals surface area contributed by atoms with E-state index in [-0.39, 0.29) is 0 Å². The predicted octanol–water partition coefficient (Wildman–Crippen LogP) is 16.3. The fourth-order valence-electron chi connectivity index (χ4n) is 9.87. The number of fused-ring (bicyclic) bond motifs is 12. The molecule has 0 spiro atoms. The Balaban J connectivity index is 1.09. The van der Waals surface area contributed by atoms with E-state index in [1.54, 1.807) is 0 Å². The van der Waals surface area contributed by atoms with Crippen molar-refractivity contribution in [1.82, 2.24) is 0 Å². The molecule has 2 aromatic heterocycles. The second-order valence-electron chi connectivity index (χ2n) is 15.5. The third kappa shape index (κ3) is 4.43. The van der Waals surface area contributed by atoms with Gasteiger partial charge in [0.05, 0.1) is 0 Å². The molecule has 0 fully saturated rings. The van der Waals surface area contributed by atoms with Gasteiger partial charge in [-0.2, -0.15) is 0 Å². The van der Waals surface area contributed by atoms with Crippen LogP contribution in [-0.4, -0.2) is 0 Å². The Hall–Kier alpha value is -7.68. The molecule has 0 aliphatic rings. The van der Waals surface area contributed by atoms with Gasteiger partial charge in [0.25, 0.3) is 0 Å². The van der Waals surface area contributed by atoms with Crippen LogP contribution < -0.4 is 0 Å². The first-order valence-electron chi connectivity index (χ1n) is 19.9. The molecule has 0 radical (unpaired) electrons. The van der Waals surface area contributed by atoms with Gasteiger partial charge >= 0.3 is 0 Å². The van der Waals surface area contributed by atoms with Crippen molar-refractivity contribution in [3.63, 3.8) is 0 Å². The normalized spacial score (nSPS) is 12.1. The maximum atomic E-state index is 6.95. The number of furan rings is 2. The number of benzene rings is 11. The predicted molar refractivity (Wildman–Crippen MR) is 245 cm³/mol. The van der Waals surface area contributed by atoms with Crippen LogP contribution in [-0.2, 0) is 0 Å². The third-order valence-electron chi connectivity index (χ3n) is 12.4. The first kappa shape index (κ1) is 31.5. The maximum Gasteiger partial charge on any atom is 0.143 e. The average molecular weight is 737 g/mol. The van der Waals surface area contributed by atoms with E-state index in [4.69, 9.17) is 8.83 Å². The van der Waals surface area contributed by atoms with Gasteiger partial charge in [0.15, 0.2) is 0 Å². The summed E-state index contributed by atoms with van der Waals surface area (Å²) in [6, 6.07) is 70.4. The molecular formula is C56H32O2. The number of para-hydroxylation sites is 2. The molecule has 11 aromatic carbocycles. The van der Waals surface area contributed by atoms with E-state index in [1.165, 1.54) is 70.6 Å². The highest BCUT2D eigenvalue weighted by Gasteiger charge is 2.23. The van der Waals surface area contributed by atoms with E-state index < -0.39 is 0 Å². The van der Waals surface area contributed by atoms with Gasteiger partial charge in [-0.05, 0) is 119 Å². The molecule has 0 bridgehead atoms. The van der Waals surface area contributed by atoms with Crippen LogP contribution in [0.15, 0.2) is 203 Å². The fraction of sp³-hybridized carbons (Fsp3) is 0. The Bertz CT molecular complexity index is 3800. The lowest BCUT2D eigenvalue weighted by Gasteiger charge is -2.19. The smallest absolute Gasteiger partial charge is 0.143 e. The molecule has 0 atom stereocenters. The number of hydrogen-bond donors (Lipinski definition) is 0. The molecule has 2 heteroatoms. The first-order chi connectivity index (χ1) is 28.8. The zero-order valence-corrected chi connectivity index (χ0v) is 31.3. The van der Waals surface area contributed by atoms with Crippen molar-refractivity contribution in [3.8, 4) is 33.4 Å². The van der Waals surface area contributed by atoms with Gasteiger partial charge in [-0.3, -0.25) is 0 Å². The van der Waals surface area contributed by atoms with Crippen LogP contribution in [0.25, 0.3) is 131 Å². The minimum Gasteiger partial charge on any atom is -0.456 e. The molecule has 13 aromatic rings. The second kappa shape index (κ2) is 11.9. The zero-order chi connectivity index (χ0) is 37.9. The van der Waals surface area contributed by atoms with Crippen molar-refractivity contribution >= 4 is 97.7 Å². The number of rotatable bonds is 3. The summed E-state index contributed by atoms with van der Waals surface area (Å²) < 4.78 is 13.3. The van der Waals surface area contributed by atoms with Crippen molar-refractivity contribution in [2.45, 2.75) is 0 Å². The van der Waals surface area contributed by atoms with Gasteiger partial charge in [-0.15, -0.1) is 0 Å². The highest BCUT2D eigenvalue weighted by atomic mass is 16.3. The summed E-state index contributed by atoms with van der Waals surface area (Å²) in [7, 11) is 0. The van der Waals surface area contributed by atoms with E-state index in [1.807, 2.05) is 12.1 Å². The van der Waals surface area contributed by atoms with Crippen LogP contribution in [0.2, 0.25) is 0 Å². The molecule has 0 N–H and O–H groups in total. The van der Waals surface area contributed by atoms with E-state index in [0.717, 1.165) is 60.6 Å². The molecule has 0 unspecified atom stereocenters. The lowest BCUT2D eigenvalue weighted by molar-refractivity contribution is 0.668. The Morgan fingerprint density at radius 3 is 1.55 bits per heavy atom. The van der Waals surface area contributed by atoms with Crippen molar-refractivity contribution in [1.29, 1.82) is 0 Å². The summed E-state index contributed by atoms with van der Waals surface area (Å²) in [5, 5.41) is 16.8. The Morgan fingerprint density at radius 1 is 0.259 bits per heavy atom. The van der Waals surface area contributed by atoms with Gasteiger partial charge < -0.3 is 8.83 Å². The van der Waals surface area contributed by atoms with Crippen LogP contribution in [0.1, 0.15) is 0 Å². The maximum absolute atomic E-state index is 6.95. The molecule has 2 nitrogen and oxygen atoms in total. The van der Waals surface area contributed by atoms with Gasteiger partial charge in [0, 0.05) is 32.7 Å². The topological polar surface area (TPSA) is 26.3 Å². The largest absolute Gasteiger partial charge is 0.456 e. The van der Waals surface area contributed by atoms with Crippen LogP contribution in [0.4, 0.5) is 0 Å². The summed E-state index contributed by atoms with van der Waals surface area (Å²) in [6.45, 7) is 0. The molecule has 0 aliphatic heterocycles. The van der Waals surface area contributed by atoms with Crippen molar-refractivity contribution in [2.75, 3.05) is 0 Å². The standard InChI is InChI=1S/C56H32O2/c1-2-13-34-31-49-35(30-33(34)12-1)24-26-39-38(49)20-11-21-42(39)53-43-15-3-5-17-45(43)54(46-18-6-4-16-44(46)53)48-29-28-37(55-47-19-8-10-23-51(47)58-56(48)55)36-25-27-41-40-14-7-9-22-50(40)57-52(41)32-36/h1-32H.